The van der Waals surface area contributed by atoms with Gasteiger partial charge in [-0.25, -0.2) is 0 Å². The van der Waals surface area contributed by atoms with Crippen LogP contribution in [0.1, 0.15) is 23.6 Å². The molecule has 3 aromatic rings. The van der Waals surface area contributed by atoms with Gasteiger partial charge < -0.3 is 4.74 Å². The third-order valence-corrected chi connectivity index (χ3v) is 5.72. The lowest BCUT2D eigenvalue weighted by atomic mass is 10.1. The number of hydrogen-bond acceptors (Lipinski definition) is 6. The average Bonchev–Trinajstić information content (AvgIpc) is 2.86. The van der Waals surface area contributed by atoms with Crippen molar-refractivity contribution in [2.24, 2.45) is 0 Å². The van der Waals surface area contributed by atoms with Crippen LogP contribution in [0, 0.1) is 10.1 Å². The van der Waals surface area contributed by atoms with Crippen molar-refractivity contribution in [2.75, 3.05) is 4.90 Å². The zero-order chi connectivity index (χ0) is 24.9. The first kappa shape index (κ1) is 23.8. The maximum Gasteiger partial charge on any atom is 0.311 e. The van der Waals surface area contributed by atoms with Crippen molar-refractivity contribution in [3.8, 4) is 5.75 Å². The molecule has 8 nitrogen and oxygen atoms in total. The van der Waals surface area contributed by atoms with E-state index in [1.165, 1.54) is 23.1 Å². The molecule has 35 heavy (non-hydrogen) atoms. The van der Waals surface area contributed by atoms with Crippen LogP contribution in [0.5, 0.6) is 5.75 Å². The number of nitrogens with zero attached hydrogens (tertiary/aromatic N) is 2. The van der Waals surface area contributed by atoms with Gasteiger partial charge in [0.2, 0.25) is 0 Å². The number of aryl methyl sites for hydroxylation is 1. The fourth-order valence-corrected chi connectivity index (χ4v) is 3.84. The Kier molecular flexibility index (Phi) is 6.98. The summed E-state index contributed by atoms with van der Waals surface area (Å²) < 4.78 is 5.65. The van der Waals surface area contributed by atoms with Gasteiger partial charge in [-0.2, -0.15) is 0 Å². The van der Waals surface area contributed by atoms with Crippen molar-refractivity contribution < 1.29 is 19.2 Å². The predicted molar refractivity (Wildman–Crippen MR) is 136 cm³/mol. The maximum atomic E-state index is 13.2. The van der Waals surface area contributed by atoms with Crippen molar-refractivity contribution in [3.63, 3.8) is 0 Å². The average molecular weight is 488 g/mol. The van der Waals surface area contributed by atoms with E-state index in [0.29, 0.717) is 11.3 Å². The van der Waals surface area contributed by atoms with Gasteiger partial charge in [0.25, 0.3) is 11.8 Å². The van der Waals surface area contributed by atoms with Crippen molar-refractivity contribution >= 4 is 46.6 Å². The second kappa shape index (κ2) is 10.3. The number of anilines is 1. The normalized spacial score (nSPS) is 14.7. The molecule has 0 aliphatic carbocycles. The van der Waals surface area contributed by atoms with Gasteiger partial charge in [-0.3, -0.25) is 29.9 Å². The number of carbonyl (C=O) groups excluding carboxylic acids is 2. The molecule has 1 fully saturated rings. The van der Waals surface area contributed by atoms with E-state index in [2.05, 4.69) is 5.32 Å². The number of benzene rings is 3. The van der Waals surface area contributed by atoms with E-state index in [1.807, 2.05) is 49.4 Å². The molecule has 3 aromatic carbocycles. The fourth-order valence-electron chi connectivity index (χ4n) is 3.56. The smallest absolute Gasteiger partial charge is 0.311 e. The molecule has 4 rings (SSSR count). The molecule has 1 heterocycles. The van der Waals surface area contributed by atoms with Gasteiger partial charge in [-0.15, -0.1) is 0 Å². The molecule has 0 atom stereocenters. The molecule has 0 saturated carbocycles. The van der Waals surface area contributed by atoms with E-state index < -0.39 is 16.7 Å². The van der Waals surface area contributed by atoms with E-state index in [9.17, 15) is 19.7 Å². The molecule has 176 valence electrons. The topological polar surface area (TPSA) is 102 Å². The number of nitrogens with one attached hydrogen (secondary N) is 1. The van der Waals surface area contributed by atoms with Crippen molar-refractivity contribution in [1.29, 1.82) is 0 Å². The quantitative estimate of drug-likeness (QED) is 0.172. The molecule has 0 bridgehead atoms. The predicted octanol–water partition coefficient (Wildman–Crippen LogP) is 4.57. The molecule has 0 spiro atoms. The van der Waals surface area contributed by atoms with E-state index in [1.54, 1.807) is 18.2 Å². The lowest BCUT2D eigenvalue weighted by Gasteiger charge is -2.29. The maximum absolute atomic E-state index is 13.2. The molecule has 0 unspecified atom stereocenters. The van der Waals surface area contributed by atoms with Gasteiger partial charge >= 0.3 is 5.69 Å². The number of nitro benzene ring substituents is 1. The summed E-state index contributed by atoms with van der Waals surface area (Å²) in [6.07, 6.45) is 2.14. The Balaban J connectivity index is 1.63. The second-order valence-electron chi connectivity index (χ2n) is 7.74. The van der Waals surface area contributed by atoms with Crippen molar-refractivity contribution in [2.45, 2.75) is 20.0 Å². The number of amides is 2. The zero-order valence-corrected chi connectivity index (χ0v) is 19.6. The Morgan fingerprint density at radius 2 is 1.74 bits per heavy atom. The van der Waals surface area contributed by atoms with E-state index in [0.717, 1.165) is 17.5 Å². The molecular weight excluding hydrogens is 466 g/mol. The molecule has 1 aliphatic rings. The van der Waals surface area contributed by atoms with Crippen LogP contribution in [-0.2, 0) is 22.6 Å². The highest BCUT2D eigenvalue weighted by molar-refractivity contribution is 7.80. The van der Waals surface area contributed by atoms with Crippen LogP contribution < -0.4 is 15.0 Å². The Hall–Kier alpha value is -4.37. The van der Waals surface area contributed by atoms with Crippen LogP contribution >= 0.6 is 12.2 Å². The van der Waals surface area contributed by atoms with Crippen LogP contribution in [0.4, 0.5) is 11.4 Å². The Morgan fingerprint density at radius 1 is 1.03 bits per heavy atom. The molecule has 2 amide bonds. The molecule has 0 aromatic heterocycles. The monoisotopic (exact) mass is 487 g/mol. The summed E-state index contributed by atoms with van der Waals surface area (Å²) in [7, 11) is 0. The molecule has 1 aliphatic heterocycles. The number of hydrogen-bond donors (Lipinski definition) is 1. The number of nitro groups is 1. The molecule has 9 heteroatoms. The van der Waals surface area contributed by atoms with Gasteiger partial charge in [0.05, 0.1) is 10.6 Å². The number of rotatable bonds is 7. The first-order valence-corrected chi connectivity index (χ1v) is 11.2. The Morgan fingerprint density at radius 3 is 2.40 bits per heavy atom. The summed E-state index contributed by atoms with van der Waals surface area (Å²) in [4.78, 5) is 38.1. The van der Waals surface area contributed by atoms with E-state index >= 15 is 0 Å². The minimum Gasteiger partial charge on any atom is -0.482 e. The standard InChI is InChI=1S/C26H21N3O5S/c1-2-17-8-11-20(12-9-17)28-25(31)21(24(30)27-26(28)35)14-19-10-13-23(22(15-19)29(32)33)34-16-18-6-4-3-5-7-18/h3-15H,2,16H2,1H3,(H,27,30,35)/b21-14+. The number of ether oxygens (including phenoxy) is 1. The third kappa shape index (κ3) is 5.25. The Labute approximate surface area is 207 Å². The van der Waals surface area contributed by atoms with Crippen molar-refractivity contribution in [3.05, 3.63) is 105 Å². The van der Waals surface area contributed by atoms with Crippen LogP contribution in [0.25, 0.3) is 6.08 Å². The highest BCUT2D eigenvalue weighted by atomic mass is 32.1. The highest BCUT2D eigenvalue weighted by Gasteiger charge is 2.34. The van der Waals surface area contributed by atoms with E-state index in [4.69, 9.17) is 17.0 Å². The van der Waals surface area contributed by atoms with Crippen molar-refractivity contribution in [1.82, 2.24) is 5.32 Å². The minimum absolute atomic E-state index is 0.0305. The van der Waals surface area contributed by atoms with Crippen LogP contribution in [0.3, 0.4) is 0 Å². The molecular formula is C26H21N3O5S. The highest BCUT2D eigenvalue weighted by Crippen LogP contribution is 2.30. The lowest BCUT2D eigenvalue weighted by Crippen LogP contribution is -2.54. The molecule has 1 N–H and O–H groups in total. The first-order chi connectivity index (χ1) is 16.9. The summed E-state index contributed by atoms with van der Waals surface area (Å²) in [5.41, 5.74) is 2.30. The summed E-state index contributed by atoms with van der Waals surface area (Å²) in [5.74, 6) is -1.21. The van der Waals surface area contributed by atoms with Gasteiger partial charge in [-0.05, 0) is 59.6 Å². The van der Waals surface area contributed by atoms with Gasteiger partial charge in [0.1, 0.15) is 12.2 Å². The summed E-state index contributed by atoms with van der Waals surface area (Å²) >= 11 is 5.22. The summed E-state index contributed by atoms with van der Waals surface area (Å²) in [5, 5.41) is 14.2. The van der Waals surface area contributed by atoms with Gasteiger partial charge in [0, 0.05) is 6.07 Å². The lowest BCUT2D eigenvalue weighted by molar-refractivity contribution is -0.386. The minimum atomic E-state index is -0.673. The largest absolute Gasteiger partial charge is 0.482 e. The molecule has 0 radical (unpaired) electrons. The second-order valence-corrected chi connectivity index (χ2v) is 8.12. The van der Waals surface area contributed by atoms with Crippen LogP contribution in [-0.4, -0.2) is 21.9 Å². The summed E-state index contributed by atoms with van der Waals surface area (Å²) in [6, 6.07) is 20.8. The van der Waals surface area contributed by atoms with Gasteiger partial charge in [0.15, 0.2) is 10.9 Å². The van der Waals surface area contributed by atoms with Gasteiger partial charge in [-0.1, -0.05) is 55.5 Å². The number of thiocarbonyl (C=S) groups is 1. The SMILES string of the molecule is CCc1ccc(N2C(=O)/C(=C/c3ccc(OCc4ccccc4)c([N+](=O)[O-])c3)C(=O)NC2=S)cc1. The number of carbonyl (C=O) groups is 2. The third-order valence-electron chi connectivity index (χ3n) is 5.43. The molecule has 1 saturated heterocycles. The Bertz CT molecular complexity index is 1340. The van der Waals surface area contributed by atoms with Crippen LogP contribution in [0.15, 0.2) is 78.4 Å². The van der Waals surface area contributed by atoms with Crippen LogP contribution in [0.2, 0.25) is 0 Å². The van der Waals surface area contributed by atoms with E-state index in [-0.39, 0.29) is 28.7 Å². The summed E-state index contributed by atoms with van der Waals surface area (Å²) in [6.45, 7) is 2.18. The fraction of sp³-hybridized carbons (Fsp3) is 0.115. The zero-order valence-electron chi connectivity index (χ0n) is 18.8. The first-order valence-electron chi connectivity index (χ1n) is 10.8.